The standard InChI is InChI=1S/C4H4FN3O/c5-2-1-7-4(8-2)3(6)9/h1H,(H2,6,9)(H,7,8). The number of nitrogens with zero attached hydrogens (tertiary/aromatic N) is 1. The molecule has 4 nitrogen and oxygen atoms in total. The first-order valence-corrected chi connectivity index (χ1v) is 2.20. The number of H-pyrrole nitrogens is 1. The fourth-order valence-electron chi connectivity index (χ4n) is 0.424. The molecule has 0 saturated heterocycles. The number of hydrogen-bond acceptors (Lipinski definition) is 2. The molecule has 0 aromatic carbocycles. The van der Waals surface area contributed by atoms with Gasteiger partial charge in [0.1, 0.15) is 0 Å². The van der Waals surface area contributed by atoms with E-state index >= 15 is 0 Å². The third-order valence-corrected chi connectivity index (χ3v) is 0.778. The van der Waals surface area contributed by atoms with Crippen molar-refractivity contribution in [3.63, 3.8) is 0 Å². The summed E-state index contributed by atoms with van der Waals surface area (Å²) in [7, 11) is 0. The van der Waals surface area contributed by atoms with Crippen molar-refractivity contribution < 1.29 is 9.18 Å². The summed E-state index contributed by atoms with van der Waals surface area (Å²) in [5.41, 5.74) is 4.73. The van der Waals surface area contributed by atoms with Crippen LogP contribution in [0.15, 0.2) is 6.20 Å². The number of amides is 1. The largest absolute Gasteiger partial charge is 0.363 e. The lowest BCUT2D eigenvalue weighted by molar-refractivity contribution is 0.0991. The molecule has 1 aromatic heterocycles. The van der Waals surface area contributed by atoms with Crippen LogP contribution in [0.3, 0.4) is 0 Å². The number of halogens is 1. The van der Waals surface area contributed by atoms with Crippen LogP contribution in [0.25, 0.3) is 0 Å². The Morgan fingerprint density at radius 2 is 2.56 bits per heavy atom. The van der Waals surface area contributed by atoms with Crippen LogP contribution in [0.1, 0.15) is 10.6 Å². The zero-order valence-corrected chi connectivity index (χ0v) is 4.39. The Balaban J connectivity index is 2.98. The maximum atomic E-state index is 12.0. The highest BCUT2D eigenvalue weighted by Crippen LogP contribution is 1.91. The second-order valence-corrected chi connectivity index (χ2v) is 1.44. The SMILES string of the molecule is NC(=O)c1ncc(F)[nH]1. The molecule has 0 aliphatic heterocycles. The molecule has 1 rings (SSSR count). The van der Waals surface area contributed by atoms with E-state index in [0.29, 0.717) is 0 Å². The van der Waals surface area contributed by atoms with Gasteiger partial charge in [0.25, 0.3) is 5.91 Å². The molecule has 0 bridgehead atoms. The lowest BCUT2D eigenvalue weighted by Gasteiger charge is -1.81. The maximum absolute atomic E-state index is 12.0. The Hall–Kier alpha value is -1.39. The number of rotatable bonds is 1. The summed E-state index contributed by atoms with van der Waals surface area (Å²) in [6.07, 6.45) is 0.889. The first-order chi connectivity index (χ1) is 4.20. The Kier molecular flexibility index (Phi) is 1.18. The monoisotopic (exact) mass is 129 g/mol. The van der Waals surface area contributed by atoms with Crippen LogP contribution in [-0.4, -0.2) is 15.9 Å². The van der Waals surface area contributed by atoms with Crippen molar-refractivity contribution >= 4 is 5.91 Å². The normalized spacial score (nSPS) is 9.44. The molecule has 0 radical (unpaired) electrons. The molecule has 1 heterocycles. The highest BCUT2D eigenvalue weighted by molar-refractivity contribution is 5.88. The lowest BCUT2D eigenvalue weighted by atomic mass is 10.6. The third kappa shape index (κ3) is 1.04. The molecule has 1 amide bonds. The molecule has 5 heteroatoms. The van der Waals surface area contributed by atoms with Crippen molar-refractivity contribution in [3.05, 3.63) is 18.0 Å². The number of hydrogen-bond donors (Lipinski definition) is 2. The van der Waals surface area contributed by atoms with E-state index in [1.165, 1.54) is 0 Å². The van der Waals surface area contributed by atoms with Gasteiger partial charge >= 0.3 is 0 Å². The van der Waals surface area contributed by atoms with E-state index in [-0.39, 0.29) is 5.82 Å². The topological polar surface area (TPSA) is 71.8 Å². The van der Waals surface area contributed by atoms with Crippen LogP contribution in [0.2, 0.25) is 0 Å². The molecule has 1 aromatic rings. The summed E-state index contributed by atoms with van der Waals surface area (Å²) >= 11 is 0. The predicted octanol–water partition coefficient (Wildman–Crippen LogP) is -0.352. The van der Waals surface area contributed by atoms with Crippen molar-refractivity contribution in [3.8, 4) is 0 Å². The Morgan fingerprint density at radius 1 is 1.89 bits per heavy atom. The summed E-state index contributed by atoms with van der Waals surface area (Å²) in [5.74, 6) is -1.59. The van der Waals surface area contributed by atoms with Crippen molar-refractivity contribution in [2.45, 2.75) is 0 Å². The Morgan fingerprint density at radius 3 is 2.78 bits per heavy atom. The van der Waals surface area contributed by atoms with Crippen molar-refractivity contribution in [2.24, 2.45) is 5.73 Å². The molecular formula is C4H4FN3O. The molecule has 48 valence electrons. The Bertz CT molecular complexity index is 231. The van der Waals surface area contributed by atoms with Crippen LogP contribution in [0, 0.1) is 5.95 Å². The molecule has 3 N–H and O–H groups in total. The van der Waals surface area contributed by atoms with Crippen LogP contribution >= 0.6 is 0 Å². The third-order valence-electron chi connectivity index (χ3n) is 0.778. The second-order valence-electron chi connectivity index (χ2n) is 1.44. The second kappa shape index (κ2) is 1.85. The number of nitrogens with one attached hydrogen (secondary N) is 1. The zero-order chi connectivity index (χ0) is 6.85. The summed E-state index contributed by atoms with van der Waals surface area (Å²) in [6, 6.07) is 0. The number of aromatic amines is 1. The van der Waals surface area contributed by atoms with Gasteiger partial charge in [0.15, 0.2) is 5.82 Å². The van der Waals surface area contributed by atoms with Crippen LogP contribution in [0.4, 0.5) is 4.39 Å². The van der Waals surface area contributed by atoms with Gasteiger partial charge in [-0.05, 0) is 0 Å². The van der Waals surface area contributed by atoms with Gasteiger partial charge in [-0.25, -0.2) is 4.98 Å². The van der Waals surface area contributed by atoms with Crippen LogP contribution in [0.5, 0.6) is 0 Å². The highest BCUT2D eigenvalue weighted by Gasteiger charge is 2.03. The van der Waals surface area contributed by atoms with Gasteiger partial charge in [0.05, 0.1) is 6.20 Å². The van der Waals surface area contributed by atoms with E-state index in [1.807, 2.05) is 4.98 Å². The molecular weight excluding hydrogens is 125 g/mol. The minimum atomic E-state index is -0.765. The maximum Gasteiger partial charge on any atom is 0.284 e. The number of aromatic nitrogens is 2. The molecule has 0 unspecified atom stereocenters. The fraction of sp³-hybridized carbons (Fsp3) is 0. The van der Waals surface area contributed by atoms with E-state index in [1.54, 1.807) is 0 Å². The van der Waals surface area contributed by atoms with Gasteiger partial charge < -0.3 is 10.7 Å². The minimum absolute atomic E-state index is 0.160. The summed E-state index contributed by atoms with van der Waals surface area (Å²) in [6.45, 7) is 0. The summed E-state index contributed by atoms with van der Waals surface area (Å²) in [5, 5.41) is 0. The lowest BCUT2D eigenvalue weighted by Crippen LogP contribution is -2.12. The molecule has 0 spiro atoms. The van der Waals surface area contributed by atoms with E-state index in [9.17, 15) is 9.18 Å². The van der Waals surface area contributed by atoms with E-state index < -0.39 is 11.9 Å². The molecule has 0 saturated carbocycles. The molecule has 9 heavy (non-hydrogen) atoms. The van der Waals surface area contributed by atoms with Crippen LogP contribution in [-0.2, 0) is 0 Å². The predicted molar refractivity (Wildman–Crippen MR) is 27.1 cm³/mol. The molecule has 0 aliphatic rings. The van der Waals surface area contributed by atoms with E-state index in [2.05, 4.69) is 4.98 Å². The van der Waals surface area contributed by atoms with Gasteiger partial charge in [-0.2, -0.15) is 4.39 Å². The van der Waals surface area contributed by atoms with Crippen molar-refractivity contribution in [1.82, 2.24) is 9.97 Å². The number of imidazole rings is 1. The first-order valence-electron chi connectivity index (χ1n) is 2.20. The Labute approximate surface area is 49.9 Å². The molecule has 0 atom stereocenters. The number of carbonyl (C=O) groups excluding carboxylic acids is 1. The van der Waals surface area contributed by atoms with Crippen molar-refractivity contribution in [1.29, 1.82) is 0 Å². The van der Waals surface area contributed by atoms with Gasteiger partial charge in [0, 0.05) is 0 Å². The van der Waals surface area contributed by atoms with Gasteiger partial charge in [-0.15, -0.1) is 0 Å². The van der Waals surface area contributed by atoms with Crippen molar-refractivity contribution in [2.75, 3.05) is 0 Å². The van der Waals surface area contributed by atoms with Gasteiger partial charge in [-0.1, -0.05) is 0 Å². The zero-order valence-electron chi connectivity index (χ0n) is 4.39. The van der Waals surface area contributed by atoms with Crippen LogP contribution < -0.4 is 5.73 Å². The van der Waals surface area contributed by atoms with E-state index in [0.717, 1.165) is 6.20 Å². The first kappa shape index (κ1) is 5.74. The molecule has 0 fully saturated rings. The number of nitrogens with two attached hydrogens (primary N) is 1. The van der Waals surface area contributed by atoms with E-state index in [4.69, 9.17) is 5.73 Å². The average molecular weight is 129 g/mol. The minimum Gasteiger partial charge on any atom is -0.363 e. The van der Waals surface area contributed by atoms with Gasteiger partial charge in [0.2, 0.25) is 5.95 Å². The fourth-order valence-corrected chi connectivity index (χ4v) is 0.424. The van der Waals surface area contributed by atoms with Gasteiger partial charge in [-0.3, -0.25) is 4.79 Å². The highest BCUT2D eigenvalue weighted by atomic mass is 19.1. The average Bonchev–Trinajstić information content (AvgIpc) is 2.14. The summed E-state index contributed by atoms with van der Waals surface area (Å²) < 4.78 is 12.0. The molecule has 0 aliphatic carbocycles. The smallest absolute Gasteiger partial charge is 0.284 e. The quantitative estimate of drug-likeness (QED) is 0.543. The number of carbonyl (C=O) groups is 1. The number of primary amides is 1. The summed E-state index contributed by atoms with van der Waals surface area (Å²) in [4.78, 5) is 15.5.